The first kappa shape index (κ1) is 25.0. The number of nitrogens with zero attached hydrogens (tertiary/aromatic N) is 3. The Hall–Kier alpha value is -1.14. The normalized spacial score (nSPS) is 35.6. The van der Waals surface area contributed by atoms with Crippen LogP contribution in [0.1, 0.15) is 12.8 Å². The van der Waals surface area contributed by atoms with Crippen LogP contribution in [0.4, 0.5) is 0 Å². The van der Waals surface area contributed by atoms with Crippen molar-refractivity contribution in [3.05, 3.63) is 12.7 Å². The molecule has 2 amide bonds. The molecular formula is C22H32BrN3O6S. The summed E-state index contributed by atoms with van der Waals surface area (Å²) in [5.74, 6) is -2.96. The molecule has 6 atom stereocenters. The SMILES string of the molecule is C=CCN(CCN1CCOCC1)C(=O)C1N(CCCO)C(=O)[C@@H]2[C@H](C(=O)O)[C@H]3SC12CC3Br. The molecule has 0 aromatic rings. The quantitative estimate of drug-likeness (QED) is 0.297. The molecule has 33 heavy (non-hydrogen) atoms. The molecule has 4 aliphatic heterocycles. The Morgan fingerprint density at radius 3 is 2.70 bits per heavy atom. The summed E-state index contributed by atoms with van der Waals surface area (Å²) in [7, 11) is 0. The third kappa shape index (κ3) is 4.35. The fraction of sp³-hybridized carbons (Fsp3) is 0.773. The Balaban J connectivity index is 1.62. The van der Waals surface area contributed by atoms with Crippen molar-refractivity contribution in [2.75, 3.05) is 59.1 Å². The fourth-order valence-electron chi connectivity index (χ4n) is 5.88. The highest BCUT2D eigenvalue weighted by Gasteiger charge is 2.75. The van der Waals surface area contributed by atoms with Gasteiger partial charge in [-0.3, -0.25) is 19.3 Å². The summed E-state index contributed by atoms with van der Waals surface area (Å²) in [6.07, 6.45) is 2.60. The van der Waals surface area contributed by atoms with Crippen molar-refractivity contribution in [3.8, 4) is 0 Å². The summed E-state index contributed by atoms with van der Waals surface area (Å²) in [6.45, 7) is 8.48. The van der Waals surface area contributed by atoms with E-state index < -0.39 is 28.6 Å². The summed E-state index contributed by atoms with van der Waals surface area (Å²) in [4.78, 5) is 45.2. The second kappa shape index (κ2) is 10.2. The lowest BCUT2D eigenvalue weighted by atomic mass is 9.71. The van der Waals surface area contributed by atoms with E-state index in [1.54, 1.807) is 15.9 Å². The number of hydrogen-bond donors (Lipinski definition) is 2. The number of aliphatic hydroxyl groups is 1. The molecule has 0 radical (unpaired) electrons. The van der Waals surface area contributed by atoms with Gasteiger partial charge in [0.25, 0.3) is 0 Å². The summed E-state index contributed by atoms with van der Waals surface area (Å²) < 4.78 is 4.63. The number of likely N-dealkylation sites (tertiary alicyclic amines) is 1. The minimum Gasteiger partial charge on any atom is -0.481 e. The maximum absolute atomic E-state index is 14.0. The van der Waals surface area contributed by atoms with Crippen molar-refractivity contribution >= 4 is 45.5 Å². The zero-order chi connectivity index (χ0) is 23.8. The van der Waals surface area contributed by atoms with Crippen LogP contribution in [0, 0.1) is 11.8 Å². The van der Waals surface area contributed by atoms with Gasteiger partial charge in [-0.25, -0.2) is 0 Å². The van der Waals surface area contributed by atoms with Crippen LogP contribution in [0.2, 0.25) is 0 Å². The number of rotatable bonds is 10. The number of fused-ring (bicyclic) bond motifs is 1. The Kier molecular flexibility index (Phi) is 7.74. The van der Waals surface area contributed by atoms with E-state index in [1.165, 1.54) is 11.8 Å². The molecule has 4 aliphatic rings. The molecule has 0 aromatic carbocycles. The summed E-state index contributed by atoms with van der Waals surface area (Å²) >= 11 is 5.14. The van der Waals surface area contributed by atoms with E-state index in [-0.39, 0.29) is 35.0 Å². The number of aliphatic carboxylic acids is 1. The Morgan fingerprint density at radius 2 is 2.06 bits per heavy atom. The average molecular weight is 546 g/mol. The number of ether oxygens (including phenoxy) is 1. The predicted molar refractivity (Wildman–Crippen MR) is 127 cm³/mol. The molecule has 2 bridgehead atoms. The fourth-order valence-corrected chi connectivity index (χ4v) is 9.48. The number of carbonyl (C=O) groups excluding carboxylic acids is 2. The number of alkyl halides is 1. The maximum atomic E-state index is 14.0. The van der Waals surface area contributed by atoms with Gasteiger partial charge in [0.15, 0.2) is 0 Å². The summed E-state index contributed by atoms with van der Waals surface area (Å²) in [5.41, 5.74) is 0. The first-order valence-corrected chi connectivity index (χ1v) is 13.3. The highest BCUT2D eigenvalue weighted by molar-refractivity contribution is 9.09. The van der Waals surface area contributed by atoms with Gasteiger partial charge >= 0.3 is 5.97 Å². The summed E-state index contributed by atoms with van der Waals surface area (Å²) in [5, 5.41) is 19.1. The maximum Gasteiger partial charge on any atom is 0.308 e. The van der Waals surface area contributed by atoms with Gasteiger partial charge in [-0.2, -0.15) is 0 Å². The number of amides is 2. The van der Waals surface area contributed by atoms with Crippen LogP contribution < -0.4 is 0 Å². The first-order chi connectivity index (χ1) is 15.9. The number of carboxylic acid groups (broad SMARTS) is 1. The molecule has 4 rings (SSSR count). The molecule has 4 fully saturated rings. The van der Waals surface area contributed by atoms with E-state index in [1.807, 2.05) is 0 Å². The summed E-state index contributed by atoms with van der Waals surface area (Å²) in [6, 6.07) is -0.745. The van der Waals surface area contributed by atoms with E-state index in [0.29, 0.717) is 45.7 Å². The van der Waals surface area contributed by atoms with Crippen LogP contribution in [0.25, 0.3) is 0 Å². The van der Waals surface area contributed by atoms with E-state index >= 15 is 0 Å². The molecule has 4 heterocycles. The smallest absolute Gasteiger partial charge is 0.308 e. The van der Waals surface area contributed by atoms with E-state index in [0.717, 1.165) is 13.1 Å². The van der Waals surface area contributed by atoms with Gasteiger partial charge in [0.2, 0.25) is 11.8 Å². The van der Waals surface area contributed by atoms with Gasteiger partial charge in [-0.15, -0.1) is 18.3 Å². The molecule has 1 spiro atoms. The number of carboxylic acids is 1. The molecule has 9 nitrogen and oxygen atoms in total. The third-order valence-electron chi connectivity index (χ3n) is 7.32. The Bertz CT molecular complexity index is 796. The van der Waals surface area contributed by atoms with Crippen molar-refractivity contribution in [1.29, 1.82) is 0 Å². The van der Waals surface area contributed by atoms with Crippen LogP contribution >= 0.6 is 27.7 Å². The van der Waals surface area contributed by atoms with E-state index in [9.17, 15) is 24.6 Å². The average Bonchev–Trinajstić information content (AvgIpc) is 3.39. The minimum absolute atomic E-state index is 0.0676. The number of carbonyl (C=O) groups is 3. The van der Waals surface area contributed by atoms with Gasteiger partial charge < -0.3 is 24.7 Å². The van der Waals surface area contributed by atoms with Crippen molar-refractivity contribution in [1.82, 2.24) is 14.7 Å². The van der Waals surface area contributed by atoms with Gasteiger partial charge in [0.1, 0.15) is 6.04 Å². The lowest BCUT2D eigenvalue weighted by Crippen LogP contribution is -2.56. The van der Waals surface area contributed by atoms with Crippen molar-refractivity contribution < 1.29 is 29.3 Å². The molecule has 11 heteroatoms. The van der Waals surface area contributed by atoms with Crippen molar-refractivity contribution in [3.63, 3.8) is 0 Å². The molecule has 184 valence electrons. The minimum atomic E-state index is -0.984. The molecule has 0 saturated carbocycles. The predicted octanol–water partition coefficient (Wildman–Crippen LogP) is 0.265. The monoisotopic (exact) mass is 545 g/mol. The Morgan fingerprint density at radius 1 is 1.33 bits per heavy atom. The zero-order valence-electron chi connectivity index (χ0n) is 18.6. The first-order valence-electron chi connectivity index (χ1n) is 11.5. The Labute approximate surface area is 206 Å². The zero-order valence-corrected chi connectivity index (χ0v) is 21.0. The molecule has 4 saturated heterocycles. The molecule has 0 aromatic heterocycles. The lowest BCUT2D eigenvalue weighted by Gasteiger charge is -2.38. The molecular weight excluding hydrogens is 514 g/mol. The number of thioether (sulfide) groups is 1. The highest BCUT2D eigenvalue weighted by atomic mass is 79.9. The lowest BCUT2D eigenvalue weighted by molar-refractivity contribution is -0.148. The van der Waals surface area contributed by atoms with Gasteiger partial charge in [0, 0.05) is 56.0 Å². The van der Waals surface area contributed by atoms with Crippen LogP contribution in [-0.2, 0) is 19.1 Å². The van der Waals surface area contributed by atoms with Crippen LogP contribution in [0.5, 0.6) is 0 Å². The molecule has 3 unspecified atom stereocenters. The van der Waals surface area contributed by atoms with Crippen LogP contribution in [-0.4, -0.2) is 123 Å². The van der Waals surface area contributed by atoms with Crippen molar-refractivity contribution in [2.45, 2.75) is 33.7 Å². The second-order valence-electron chi connectivity index (χ2n) is 9.14. The highest BCUT2D eigenvalue weighted by Crippen LogP contribution is 2.67. The van der Waals surface area contributed by atoms with Crippen molar-refractivity contribution in [2.24, 2.45) is 11.8 Å². The van der Waals surface area contributed by atoms with Crippen LogP contribution in [0.3, 0.4) is 0 Å². The standard InChI is InChI=1S/C22H32BrN3O6S/c1-2-4-25(7-6-24-8-11-32-12-9-24)20(29)18-22-13-14(23)17(33-22)15(21(30)31)16(22)19(28)26(18)5-3-10-27/h2,14-18,27H,1,3-13H2,(H,30,31)/t14?,15-,16-,17-,18?,22?/m0/s1. The van der Waals surface area contributed by atoms with Gasteiger partial charge in [-0.05, 0) is 12.8 Å². The van der Waals surface area contributed by atoms with Gasteiger partial charge in [-0.1, -0.05) is 22.0 Å². The number of morpholine rings is 1. The van der Waals surface area contributed by atoms with E-state index in [4.69, 9.17) is 4.74 Å². The largest absolute Gasteiger partial charge is 0.481 e. The number of hydrogen-bond acceptors (Lipinski definition) is 7. The van der Waals surface area contributed by atoms with Gasteiger partial charge in [0.05, 0.1) is 29.8 Å². The molecule has 0 aliphatic carbocycles. The van der Waals surface area contributed by atoms with Crippen LogP contribution in [0.15, 0.2) is 12.7 Å². The second-order valence-corrected chi connectivity index (χ2v) is 11.9. The third-order valence-corrected chi connectivity index (χ3v) is 10.5. The number of halogens is 1. The molecule has 2 N–H and O–H groups in total. The number of aliphatic hydroxyl groups excluding tert-OH is 1. The topological polar surface area (TPSA) is 111 Å². The van der Waals surface area contributed by atoms with E-state index in [2.05, 4.69) is 27.4 Å².